The molecule has 2 saturated heterocycles. The summed E-state index contributed by atoms with van der Waals surface area (Å²) in [6, 6.07) is 3.75. The van der Waals surface area contributed by atoms with Crippen LogP contribution in [0.4, 0.5) is 5.82 Å². The van der Waals surface area contributed by atoms with Crippen LogP contribution < -0.4 is 4.90 Å². The Bertz CT molecular complexity index is 1080. The third-order valence-corrected chi connectivity index (χ3v) is 6.61. The van der Waals surface area contributed by atoms with E-state index in [9.17, 15) is 4.79 Å². The lowest BCUT2D eigenvalue weighted by Gasteiger charge is -2.32. The Kier molecular flexibility index (Phi) is 6.16. The molecule has 10 heteroatoms. The molecule has 2 atom stereocenters. The molecule has 32 heavy (non-hydrogen) atoms. The number of aromatic nitrogens is 2. The molecular formula is C22H25BrN6O3. The lowest BCUT2D eigenvalue weighted by atomic mass is 9.99. The molecule has 1 aromatic carbocycles. The summed E-state index contributed by atoms with van der Waals surface area (Å²) in [5.41, 5.74) is 2.99. The lowest BCUT2D eigenvalue weighted by molar-refractivity contribution is 0.0600. The van der Waals surface area contributed by atoms with E-state index < -0.39 is 0 Å². The number of carbonyl (C=O) groups excluding carboxylic acids is 1. The van der Waals surface area contributed by atoms with Gasteiger partial charge in [0.15, 0.2) is 0 Å². The standard InChI is InChI=1S/C22H25BrN6O3/c1-31-22(30)14-9-15(17-3-2-4-29(17)20-12-24-11-18(23)26-20)21-16(10-14)25-13-19(27-21)28-5-7-32-8-6-28/h9-11,13,17,20H,2-8,12H2,1H3. The van der Waals surface area contributed by atoms with Crippen molar-refractivity contribution >= 4 is 49.6 Å². The number of likely N-dealkylation sites (tertiary alicyclic amines) is 1. The Morgan fingerprint density at radius 1 is 1.25 bits per heavy atom. The molecule has 3 aliphatic heterocycles. The predicted octanol–water partition coefficient (Wildman–Crippen LogP) is 2.59. The summed E-state index contributed by atoms with van der Waals surface area (Å²) in [6.45, 7) is 4.46. The molecule has 5 rings (SSSR count). The molecule has 0 saturated carbocycles. The second-order valence-electron chi connectivity index (χ2n) is 8.07. The molecule has 0 amide bonds. The van der Waals surface area contributed by atoms with Crippen molar-refractivity contribution in [2.24, 2.45) is 9.98 Å². The molecule has 0 radical (unpaired) electrons. The molecule has 168 valence electrons. The monoisotopic (exact) mass is 500 g/mol. The first-order chi connectivity index (χ1) is 15.6. The minimum atomic E-state index is -0.375. The van der Waals surface area contributed by atoms with E-state index in [1.165, 1.54) is 7.11 Å². The molecular weight excluding hydrogens is 476 g/mol. The number of carbonyl (C=O) groups is 1. The van der Waals surface area contributed by atoms with Crippen LogP contribution in [0.2, 0.25) is 0 Å². The van der Waals surface area contributed by atoms with Gasteiger partial charge in [-0.2, -0.15) is 0 Å². The SMILES string of the molecule is COC(=O)c1cc(C2CCCN2C2CN=CC(Br)=N2)c2nc(N3CCOCC3)cnc2c1. The van der Waals surface area contributed by atoms with Crippen molar-refractivity contribution in [3.63, 3.8) is 0 Å². The van der Waals surface area contributed by atoms with Crippen molar-refractivity contribution in [3.8, 4) is 0 Å². The normalized spacial score (nSPS) is 24.1. The highest BCUT2D eigenvalue weighted by Crippen LogP contribution is 2.38. The highest BCUT2D eigenvalue weighted by molar-refractivity contribution is 9.19. The van der Waals surface area contributed by atoms with Crippen molar-refractivity contribution in [2.75, 3.05) is 51.4 Å². The number of halogens is 1. The van der Waals surface area contributed by atoms with Crippen molar-refractivity contribution in [2.45, 2.75) is 25.0 Å². The van der Waals surface area contributed by atoms with Crippen molar-refractivity contribution < 1.29 is 14.3 Å². The van der Waals surface area contributed by atoms with Gasteiger partial charge >= 0.3 is 5.97 Å². The summed E-state index contributed by atoms with van der Waals surface area (Å²) in [5.74, 6) is 0.459. The van der Waals surface area contributed by atoms with Crippen LogP contribution in [0.5, 0.6) is 0 Å². The number of methoxy groups -OCH3 is 1. The van der Waals surface area contributed by atoms with Gasteiger partial charge in [-0.1, -0.05) is 0 Å². The molecule has 0 bridgehead atoms. The first-order valence-corrected chi connectivity index (χ1v) is 11.6. The fraction of sp³-hybridized carbons (Fsp3) is 0.500. The summed E-state index contributed by atoms with van der Waals surface area (Å²) < 4.78 is 11.2. The fourth-order valence-electron chi connectivity index (χ4n) is 4.66. The summed E-state index contributed by atoms with van der Waals surface area (Å²) in [6.07, 6.45) is 5.47. The third-order valence-electron chi connectivity index (χ3n) is 6.20. The highest BCUT2D eigenvalue weighted by atomic mass is 79.9. The van der Waals surface area contributed by atoms with Crippen molar-refractivity contribution in [1.82, 2.24) is 14.9 Å². The second kappa shape index (κ2) is 9.21. The number of hydrogen-bond acceptors (Lipinski definition) is 9. The number of nitrogens with zero attached hydrogens (tertiary/aromatic N) is 6. The van der Waals surface area contributed by atoms with E-state index in [1.54, 1.807) is 18.5 Å². The zero-order valence-electron chi connectivity index (χ0n) is 17.9. The number of morpholine rings is 1. The minimum absolute atomic E-state index is 0.0471. The number of hydrogen-bond donors (Lipinski definition) is 0. The van der Waals surface area contributed by atoms with Crippen LogP contribution in [0.3, 0.4) is 0 Å². The van der Waals surface area contributed by atoms with Crippen LogP contribution in [-0.2, 0) is 9.47 Å². The Morgan fingerprint density at radius 2 is 2.09 bits per heavy atom. The molecule has 0 N–H and O–H groups in total. The number of anilines is 1. The van der Waals surface area contributed by atoms with Gasteiger partial charge in [-0.3, -0.25) is 19.9 Å². The summed E-state index contributed by atoms with van der Waals surface area (Å²) in [5, 5.41) is 0. The van der Waals surface area contributed by atoms with E-state index in [-0.39, 0.29) is 18.2 Å². The largest absolute Gasteiger partial charge is 0.465 e. The maximum atomic E-state index is 12.4. The molecule has 2 unspecified atom stereocenters. The third kappa shape index (κ3) is 4.14. The maximum Gasteiger partial charge on any atom is 0.337 e. The Labute approximate surface area is 194 Å². The van der Waals surface area contributed by atoms with Gasteiger partial charge in [0.25, 0.3) is 0 Å². The first-order valence-electron chi connectivity index (χ1n) is 10.8. The lowest BCUT2D eigenvalue weighted by Crippen LogP contribution is -2.38. The number of benzene rings is 1. The summed E-state index contributed by atoms with van der Waals surface area (Å²) >= 11 is 3.46. The zero-order chi connectivity index (χ0) is 22.1. The number of fused-ring (bicyclic) bond motifs is 1. The van der Waals surface area contributed by atoms with Gasteiger partial charge in [0.05, 0.1) is 55.9 Å². The number of esters is 1. The molecule has 9 nitrogen and oxygen atoms in total. The summed E-state index contributed by atoms with van der Waals surface area (Å²) in [4.78, 5) is 35.9. The van der Waals surface area contributed by atoms with Crippen LogP contribution in [0.15, 0.2) is 28.3 Å². The van der Waals surface area contributed by atoms with Gasteiger partial charge in [0.1, 0.15) is 16.6 Å². The molecule has 0 spiro atoms. The molecule has 2 fully saturated rings. The Hall–Kier alpha value is -2.43. The van der Waals surface area contributed by atoms with E-state index >= 15 is 0 Å². The van der Waals surface area contributed by atoms with Crippen LogP contribution in [0.25, 0.3) is 11.0 Å². The topological polar surface area (TPSA) is 92.5 Å². The van der Waals surface area contributed by atoms with Gasteiger partial charge in [-0.25, -0.2) is 9.78 Å². The van der Waals surface area contributed by atoms with Crippen LogP contribution >= 0.6 is 15.9 Å². The average molecular weight is 501 g/mol. The fourth-order valence-corrected chi connectivity index (χ4v) is 5.05. The molecule has 4 heterocycles. The van der Waals surface area contributed by atoms with Gasteiger partial charge < -0.3 is 14.4 Å². The first kappa shape index (κ1) is 21.4. The summed E-state index contributed by atoms with van der Waals surface area (Å²) in [7, 11) is 1.40. The van der Waals surface area contributed by atoms with Gasteiger partial charge in [-0.05, 0) is 46.5 Å². The van der Waals surface area contributed by atoms with Crippen molar-refractivity contribution in [1.29, 1.82) is 0 Å². The smallest absolute Gasteiger partial charge is 0.337 e. The maximum absolute atomic E-state index is 12.4. The molecule has 3 aliphatic rings. The van der Waals surface area contributed by atoms with Crippen LogP contribution in [0, 0.1) is 0 Å². The average Bonchev–Trinajstić information content (AvgIpc) is 3.33. The zero-order valence-corrected chi connectivity index (χ0v) is 19.5. The van der Waals surface area contributed by atoms with Gasteiger partial charge in [0.2, 0.25) is 0 Å². The highest BCUT2D eigenvalue weighted by Gasteiger charge is 2.34. The Morgan fingerprint density at radius 3 is 2.88 bits per heavy atom. The van der Waals surface area contributed by atoms with E-state index in [4.69, 9.17) is 19.5 Å². The molecule has 2 aromatic rings. The van der Waals surface area contributed by atoms with Gasteiger partial charge in [0, 0.05) is 25.7 Å². The number of ether oxygens (including phenoxy) is 2. The second-order valence-corrected chi connectivity index (χ2v) is 8.89. The van der Waals surface area contributed by atoms with Crippen LogP contribution in [0.1, 0.15) is 34.8 Å². The molecule has 0 aliphatic carbocycles. The van der Waals surface area contributed by atoms with E-state index in [0.717, 1.165) is 54.0 Å². The predicted molar refractivity (Wildman–Crippen MR) is 126 cm³/mol. The van der Waals surface area contributed by atoms with Gasteiger partial charge in [-0.15, -0.1) is 0 Å². The minimum Gasteiger partial charge on any atom is -0.465 e. The van der Waals surface area contributed by atoms with Crippen LogP contribution in [-0.4, -0.2) is 84.3 Å². The number of rotatable bonds is 4. The Balaban J connectivity index is 1.59. The number of aliphatic imine (C=N–C) groups is 2. The van der Waals surface area contributed by atoms with E-state index in [2.05, 4.69) is 35.7 Å². The van der Waals surface area contributed by atoms with E-state index in [0.29, 0.717) is 30.8 Å². The van der Waals surface area contributed by atoms with E-state index in [1.807, 2.05) is 6.07 Å². The quantitative estimate of drug-likeness (QED) is 0.595. The van der Waals surface area contributed by atoms with Crippen molar-refractivity contribution in [3.05, 3.63) is 29.5 Å². The molecule has 1 aromatic heterocycles.